The van der Waals surface area contributed by atoms with Crippen LogP contribution in [0, 0.1) is 21.6 Å². The Balaban J connectivity index is 3.17. The molecule has 0 aliphatic rings. The second kappa shape index (κ2) is 4.75. The molecule has 1 N–H and O–H groups in total. The molecule has 7 heteroatoms. The van der Waals surface area contributed by atoms with Gasteiger partial charge in [0, 0.05) is 6.07 Å². The number of nitrogens with zero attached hydrogens (tertiary/aromatic N) is 2. The highest BCUT2D eigenvalue weighted by molar-refractivity contribution is 5.98. The first kappa shape index (κ1) is 11.5. The zero-order valence-electron chi connectivity index (χ0n) is 8.26. The van der Waals surface area contributed by atoms with Crippen LogP contribution in [0.5, 0.6) is 5.75 Å². The predicted octanol–water partition coefficient (Wildman–Crippen LogP) is 0.814. The van der Waals surface area contributed by atoms with Gasteiger partial charge in [0.15, 0.2) is 6.19 Å². The quantitative estimate of drug-likeness (QED) is 0.352. The number of nitro groups is 1. The van der Waals surface area contributed by atoms with Crippen molar-refractivity contribution in [1.82, 2.24) is 5.32 Å². The number of ether oxygens (including phenoxy) is 1. The van der Waals surface area contributed by atoms with Gasteiger partial charge in [0.1, 0.15) is 5.75 Å². The fraction of sp³-hybridized carbons (Fsp3) is 0.111. The Kier molecular flexibility index (Phi) is 3.40. The summed E-state index contributed by atoms with van der Waals surface area (Å²) < 4.78 is 4.83. The average Bonchev–Trinajstić information content (AvgIpc) is 2.28. The van der Waals surface area contributed by atoms with Gasteiger partial charge < -0.3 is 4.74 Å². The van der Waals surface area contributed by atoms with Crippen LogP contribution in [0.2, 0.25) is 0 Å². The lowest BCUT2D eigenvalue weighted by Crippen LogP contribution is -2.18. The smallest absolute Gasteiger partial charge is 0.273 e. The fourth-order valence-corrected chi connectivity index (χ4v) is 1.10. The number of hydrogen-bond donors (Lipinski definition) is 1. The highest BCUT2D eigenvalue weighted by Crippen LogP contribution is 2.24. The van der Waals surface area contributed by atoms with Gasteiger partial charge in [-0.25, -0.2) is 0 Å². The molecule has 82 valence electrons. The summed E-state index contributed by atoms with van der Waals surface area (Å²) in [4.78, 5) is 21.2. The Morgan fingerprint density at radius 1 is 1.62 bits per heavy atom. The molecule has 0 saturated heterocycles. The molecule has 0 aliphatic carbocycles. The molecule has 0 heterocycles. The molecule has 0 fully saturated rings. The van der Waals surface area contributed by atoms with Crippen molar-refractivity contribution in [3.63, 3.8) is 0 Å². The van der Waals surface area contributed by atoms with E-state index in [1.807, 2.05) is 5.32 Å². The number of methoxy groups -OCH3 is 1. The number of rotatable bonds is 3. The summed E-state index contributed by atoms with van der Waals surface area (Å²) in [5, 5.41) is 20.6. The lowest BCUT2D eigenvalue weighted by molar-refractivity contribution is -0.384. The standard InChI is InChI=1S/C9H7N3O4/c1-16-8-4-6(12(14)15)2-3-7(8)9(13)11-5-10/h2-4H,1H3,(H,11,13). The van der Waals surface area contributed by atoms with Gasteiger partial charge in [0.2, 0.25) is 0 Å². The number of benzene rings is 1. The second-order valence-corrected chi connectivity index (χ2v) is 2.71. The minimum Gasteiger partial charge on any atom is -0.496 e. The zero-order chi connectivity index (χ0) is 12.1. The monoisotopic (exact) mass is 221 g/mol. The third kappa shape index (κ3) is 2.24. The summed E-state index contributed by atoms with van der Waals surface area (Å²) in [5.74, 6) is -0.629. The number of nitrogens with one attached hydrogen (secondary N) is 1. The first-order valence-electron chi connectivity index (χ1n) is 4.12. The zero-order valence-corrected chi connectivity index (χ0v) is 8.26. The third-order valence-electron chi connectivity index (χ3n) is 1.81. The second-order valence-electron chi connectivity index (χ2n) is 2.71. The molecule has 1 aromatic rings. The van der Waals surface area contributed by atoms with Gasteiger partial charge in [-0.05, 0) is 6.07 Å². The van der Waals surface area contributed by atoms with Gasteiger partial charge in [-0.15, -0.1) is 0 Å². The third-order valence-corrected chi connectivity index (χ3v) is 1.81. The Labute approximate surface area is 90.4 Å². The van der Waals surface area contributed by atoms with Crippen molar-refractivity contribution >= 4 is 11.6 Å². The maximum atomic E-state index is 11.3. The maximum Gasteiger partial charge on any atom is 0.273 e. The van der Waals surface area contributed by atoms with Crippen molar-refractivity contribution in [2.45, 2.75) is 0 Å². The van der Waals surface area contributed by atoms with Gasteiger partial charge in [0.25, 0.3) is 11.6 Å². The van der Waals surface area contributed by atoms with Crippen LogP contribution in [-0.4, -0.2) is 17.9 Å². The van der Waals surface area contributed by atoms with Crippen molar-refractivity contribution in [3.05, 3.63) is 33.9 Å². The highest BCUT2D eigenvalue weighted by Gasteiger charge is 2.16. The van der Waals surface area contributed by atoms with E-state index in [0.29, 0.717) is 0 Å². The summed E-state index contributed by atoms with van der Waals surface area (Å²) in [7, 11) is 1.28. The van der Waals surface area contributed by atoms with Crippen LogP contribution in [0.25, 0.3) is 0 Å². The molecule has 1 amide bonds. The predicted molar refractivity (Wildman–Crippen MR) is 52.7 cm³/mol. The lowest BCUT2D eigenvalue weighted by Gasteiger charge is -2.05. The maximum absolute atomic E-state index is 11.3. The van der Waals surface area contributed by atoms with Crippen LogP contribution < -0.4 is 10.1 Å². The van der Waals surface area contributed by atoms with E-state index in [1.165, 1.54) is 19.4 Å². The van der Waals surface area contributed by atoms with Crippen LogP contribution in [0.1, 0.15) is 10.4 Å². The molecule has 7 nitrogen and oxygen atoms in total. The molecule has 0 radical (unpaired) electrons. The average molecular weight is 221 g/mol. The molecule has 16 heavy (non-hydrogen) atoms. The lowest BCUT2D eigenvalue weighted by atomic mass is 10.1. The number of carbonyl (C=O) groups is 1. The molecular formula is C9H7N3O4. The Morgan fingerprint density at radius 3 is 2.81 bits per heavy atom. The minimum atomic E-state index is -0.672. The SMILES string of the molecule is COc1cc([N+](=O)[O-])ccc1C(=O)NC#N. The number of amides is 1. The highest BCUT2D eigenvalue weighted by atomic mass is 16.6. The molecule has 0 unspecified atom stereocenters. The molecule has 0 atom stereocenters. The van der Waals surface area contributed by atoms with Gasteiger partial charge in [0.05, 0.1) is 23.7 Å². The van der Waals surface area contributed by atoms with E-state index in [0.717, 1.165) is 12.1 Å². The topological polar surface area (TPSA) is 105 Å². The minimum absolute atomic E-state index is 0.0435. The normalized spacial score (nSPS) is 9.00. The summed E-state index contributed by atoms with van der Waals surface area (Å²) in [6.07, 6.45) is 1.47. The molecule has 1 rings (SSSR count). The Hall–Kier alpha value is -2.62. The summed E-state index contributed by atoms with van der Waals surface area (Å²) in [6.45, 7) is 0. The number of nitro benzene ring substituents is 1. The van der Waals surface area contributed by atoms with Crippen molar-refractivity contribution < 1.29 is 14.5 Å². The fourth-order valence-electron chi connectivity index (χ4n) is 1.10. The van der Waals surface area contributed by atoms with Crippen molar-refractivity contribution in [3.8, 4) is 11.9 Å². The van der Waals surface area contributed by atoms with Gasteiger partial charge >= 0.3 is 0 Å². The van der Waals surface area contributed by atoms with Crippen LogP contribution in [0.15, 0.2) is 18.2 Å². The number of carbonyl (C=O) groups excluding carboxylic acids is 1. The van der Waals surface area contributed by atoms with E-state index in [1.54, 1.807) is 0 Å². The van der Waals surface area contributed by atoms with E-state index in [-0.39, 0.29) is 17.0 Å². The molecule has 0 bridgehead atoms. The molecule has 1 aromatic carbocycles. The Morgan fingerprint density at radius 2 is 2.31 bits per heavy atom. The van der Waals surface area contributed by atoms with Crippen LogP contribution in [-0.2, 0) is 0 Å². The van der Waals surface area contributed by atoms with Crippen LogP contribution in [0.3, 0.4) is 0 Å². The van der Waals surface area contributed by atoms with Crippen LogP contribution in [0.4, 0.5) is 5.69 Å². The largest absolute Gasteiger partial charge is 0.496 e. The number of nitriles is 1. The summed E-state index contributed by atoms with van der Waals surface area (Å²) in [5.41, 5.74) is -0.125. The molecule has 0 aromatic heterocycles. The molecule has 0 saturated carbocycles. The van der Waals surface area contributed by atoms with Crippen LogP contribution >= 0.6 is 0 Å². The van der Waals surface area contributed by atoms with Crippen molar-refractivity contribution in [2.24, 2.45) is 0 Å². The van der Waals surface area contributed by atoms with E-state index in [9.17, 15) is 14.9 Å². The molecule has 0 spiro atoms. The number of hydrogen-bond acceptors (Lipinski definition) is 5. The van der Waals surface area contributed by atoms with E-state index >= 15 is 0 Å². The van der Waals surface area contributed by atoms with Gasteiger partial charge in [-0.3, -0.25) is 20.2 Å². The molecular weight excluding hydrogens is 214 g/mol. The summed E-state index contributed by atoms with van der Waals surface area (Å²) in [6, 6.07) is 3.50. The van der Waals surface area contributed by atoms with Crippen molar-refractivity contribution in [2.75, 3.05) is 7.11 Å². The van der Waals surface area contributed by atoms with E-state index < -0.39 is 10.8 Å². The Bertz CT molecular complexity index is 478. The number of non-ortho nitro benzene ring substituents is 1. The molecule has 0 aliphatic heterocycles. The first-order valence-corrected chi connectivity index (χ1v) is 4.12. The van der Waals surface area contributed by atoms with Crippen molar-refractivity contribution in [1.29, 1.82) is 5.26 Å². The first-order chi connectivity index (χ1) is 7.60. The van der Waals surface area contributed by atoms with E-state index in [4.69, 9.17) is 10.00 Å². The van der Waals surface area contributed by atoms with E-state index in [2.05, 4.69) is 0 Å². The summed E-state index contributed by atoms with van der Waals surface area (Å²) >= 11 is 0. The van der Waals surface area contributed by atoms with Gasteiger partial charge in [-0.2, -0.15) is 5.26 Å². The van der Waals surface area contributed by atoms with Gasteiger partial charge in [-0.1, -0.05) is 0 Å².